The average molecular weight is 634 g/mol. The molecular formula is C21H14F2I2N2O3. The molecule has 0 heterocycles. The van der Waals surface area contributed by atoms with Gasteiger partial charge in [0.05, 0.1) is 31.2 Å². The van der Waals surface area contributed by atoms with E-state index in [2.05, 4.69) is 10.6 Å². The summed E-state index contributed by atoms with van der Waals surface area (Å²) in [7, 11) is 1.37. The molecule has 0 saturated heterocycles. The van der Waals surface area contributed by atoms with Crippen molar-refractivity contribution in [3.8, 4) is 5.75 Å². The van der Waals surface area contributed by atoms with Crippen LogP contribution in [0, 0.1) is 18.8 Å². The van der Waals surface area contributed by atoms with Gasteiger partial charge >= 0.3 is 0 Å². The molecule has 0 bridgehead atoms. The standard InChI is InChI=1S/C21H14F2I2N2O3/c1-30-17-9-8-11(20(28)26-15-6-2-4-13(24)18(15)22)10-12(17)21(29)27-16-7-3-5-14(25)19(16)23/h2-10H,1H3,(H,26,28)(H,27,29). The third-order valence-corrected chi connectivity index (χ3v) is 5.77. The molecule has 154 valence electrons. The van der Waals surface area contributed by atoms with Crippen LogP contribution in [0.2, 0.25) is 0 Å². The Morgan fingerprint density at radius 1 is 0.833 bits per heavy atom. The van der Waals surface area contributed by atoms with E-state index in [4.69, 9.17) is 4.74 Å². The van der Waals surface area contributed by atoms with Gasteiger partial charge in [0.1, 0.15) is 5.75 Å². The van der Waals surface area contributed by atoms with Crippen LogP contribution in [-0.4, -0.2) is 18.9 Å². The van der Waals surface area contributed by atoms with E-state index in [0.717, 1.165) is 0 Å². The molecule has 0 saturated carbocycles. The van der Waals surface area contributed by atoms with Crippen molar-refractivity contribution in [2.45, 2.75) is 0 Å². The predicted molar refractivity (Wildman–Crippen MR) is 127 cm³/mol. The summed E-state index contributed by atoms with van der Waals surface area (Å²) in [6, 6.07) is 13.4. The van der Waals surface area contributed by atoms with Crippen LogP contribution in [0.5, 0.6) is 5.75 Å². The highest BCUT2D eigenvalue weighted by Crippen LogP contribution is 2.25. The van der Waals surface area contributed by atoms with Crippen molar-refractivity contribution in [1.29, 1.82) is 0 Å². The van der Waals surface area contributed by atoms with E-state index in [1.54, 1.807) is 24.3 Å². The van der Waals surface area contributed by atoms with Gasteiger partial charge in [0.15, 0.2) is 11.6 Å². The minimum absolute atomic E-state index is 0.00439. The first-order chi connectivity index (χ1) is 14.3. The number of nitrogens with one attached hydrogen (secondary N) is 2. The van der Waals surface area contributed by atoms with Gasteiger partial charge in [-0.25, -0.2) is 8.78 Å². The first-order valence-electron chi connectivity index (χ1n) is 8.50. The highest BCUT2D eigenvalue weighted by atomic mass is 127. The molecule has 0 fully saturated rings. The molecule has 0 atom stereocenters. The second kappa shape index (κ2) is 9.69. The van der Waals surface area contributed by atoms with E-state index in [9.17, 15) is 18.4 Å². The van der Waals surface area contributed by atoms with Crippen LogP contribution in [-0.2, 0) is 0 Å². The highest BCUT2D eigenvalue weighted by Gasteiger charge is 2.19. The van der Waals surface area contributed by atoms with Gasteiger partial charge < -0.3 is 15.4 Å². The molecule has 0 radical (unpaired) electrons. The van der Waals surface area contributed by atoms with Crippen LogP contribution in [0.1, 0.15) is 20.7 Å². The number of carbonyl (C=O) groups is 2. The number of hydrogen-bond acceptors (Lipinski definition) is 3. The van der Waals surface area contributed by atoms with Crippen molar-refractivity contribution in [2.24, 2.45) is 0 Å². The molecule has 0 aliphatic rings. The van der Waals surface area contributed by atoms with Gasteiger partial charge in [-0.1, -0.05) is 12.1 Å². The van der Waals surface area contributed by atoms with Crippen LogP contribution < -0.4 is 15.4 Å². The fraction of sp³-hybridized carbons (Fsp3) is 0.0476. The van der Waals surface area contributed by atoms with E-state index in [1.165, 1.54) is 37.4 Å². The second-order valence-corrected chi connectivity index (χ2v) is 8.35. The Kier molecular flexibility index (Phi) is 7.23. The zero-order valence-electron chi connectivity index (χ0n) is 15.4. The summed E-state index contributed by atoms with van der Waals surface area (Å²) in [5.41, 5.74) is 0.174. The maximum absolute atomic E-state index is 14.2. The van der Waals surface area contributed by atoms with Gasteiger partial charge in [-0.15, -0.1) is 0 Å². The number of benzene rings is 3. The molecular weight excluding hydrogens is 620 g/mol. The number of ether oxygens (including phenoxy) is 1. The maximum atomic E-state index is 14.2. The molecule has 5 nitrogen and oxygen atoms in total. The molecule has 0 aromatic heterocycles. The Morgan fingerprint density at radius 3 is 1.90 bits per heavy atom. The summed E-state index contributed by atoms with van der Waals surface area (Å²) in [5, 5.41) is 4.97. The Morgan fingerprint density at radius 2 is 1.37 bits per heavy atom. The van der Waals surface area contributed by atoms with Crippen molar-refractivity contribution in [3.63, 3.8) is 0 Å². The van der Waals surface area contributed by atoms with E-state index >= 15 is 0 Å². The summed E-state index contributed by atoms with van der Waals surface area (Å²) in [6.07, 6.45) is 0. The molecule has 0 unspecified atom stereocenters. The summed E-state index contributed by atoms with van der Waals surface area (Å²) in [6.45, 7) is 0. The van der Waals surface area contributed by atoms with Crippen LogP contribution >= 0.6 is 45.2 Å². The zero-order valence-corrected chi connectivity index (χ0v) is 19.7. The number of methoxy groups -OCH3 is 1. The maximum Gasteiger partial charge on any atom is 0.259 e. The lowest BCUT2D eigenvalue weighted by Gasteiger charge is -2.13. The average Bonchev–Trinajstić information content (AvgIpc) is 2.74. The molecule has 0 aliphatic carbocycles. The van der Waals surface area contributed by atoms with Gasteiger partial charge in [0.25, 0.3) is 11.8 Å². The van der Waals surface area contributed by atoms with Crippen LogP contribution in [0.3, 0.4) is 0 Å². The van der Waals surface area contributed by atoms with Gasteiger partial charge in [-0.05, 0) is 87.6 Å². The fourth-order valence-corrected chi connectivity index (χ4v) is 3.61. The number of anilines is 2. The number of carbonyl (C=O) groups excluding carboxylic acids is 2. The monoisotopic (exact) mass is 634 g/mol. The number of hydrogen-bond donors (Lipinski definition) is 2. The van der Waals surface area contributed by atoms with Crippen molar-refractivity contribution >= 4 is 68.4 Å². The third-order valence-electron chi connectivity index (χ3n) is 4.11. The molecule has 2 N–H and O–H groups in total. The van der Waals surface area contributed by atoms with Gasteiger partial charge in [0, 0.05) is 5.56 Å². The molecule has 3 aromatic carbocycles. The Labute approximate surface area is 198 Å². The molecule has 2 amide bonds. The van der Waals surface area contributed by atoms with Crippen molar-refractivity contribution in [1.82, 2.24) is 0 Å². The van der Waals surface area contributed by atoms with Gasteiger partial charge in [-0.2, -0.15) is 0 Å². The quantitative estimate of drug-likeness (QED) is 0.355. The smallest absolute Gasteiger partial charge is 0.259 e. The van der Waals surface area contributed by atoms with Crippen LogP contribution in [0.15, 0.2) is 54.6 Å². The normalized spacial score (nSPS) is 10.4. The SMILES string of the molecule is COc1ccc(C(=O)Nc2cccc(I)c2F)cc1C(=O)Nc1cccc(I)c1F. The first-order valence-corrected chi connectivity index (χ1v) is 10.7. The summed E-state index contributed by atoms with van der Waals surface area (Å²) in [5.74, 6) is -2.16. The highest BCUT2D eigenvalue weighted by molar-refractivity contribution is 14.1. The molecule has 0 aliphatic heterocycles. The van der Waals surface area contributed by atoms with E-state index < -0.39 is 23.4 Å². The Hall–Kier alpha value is -2.28. The van der Waals surface area contributed by atoms with Crippen molar-refractivity contribution in [3.05, 3.63) is 84.5 Å². The minimum atomic E-state index is -0.650. The molecule has 9 heteroatoms. The van der Waals surface area contributed by atoms with E-state index in [1.807, 2.05) is 45.2 Å². The summed E-state index contributed by atoms with van der Waals surface area (Å²) >= 11 is 3.64. The van der Waals surface area contributed by atoms with E-state index in [0.29, 0.717) is 7.14 Å². The third kappa shape index (κ3) is 4.89. The Balaban J connectivity index is 1.89. The molecule has 3 aromatic rings. The van der Waals surface area contributed by atoms with E-state index in [-0.39, 0.29) is 28.3 Å². The number of rotatable bonds is 5. The Bertz CT molecular complexity index is 1140. The number of amides is 2. The summed E-state index contributed by atoms with van der Waals surface area (Å²) < 4.78 is 34.3. The fourth-order valence-electron chi connectivity index (χ4n) is 2.61. The largest absolute Gasteiger partial charge is 0.496 e. The van der Waals surface area contributed by atoms with Crippen molar-refractivity contribution in [2.75, 3.05) is 17.7 Å². The lowest BCUT2D eigenvalue weighted by molar-refractivity contribution is 0.102. The summed E-state index contributed by atoms with van der Waals surface area (Å²) in [4.78, 5) is 25.3. The minimum Gasteiger partial charge on any atom is -0.496 e. The predicted octanol–water partition coefficient (Wildman–Crippen LogP) is 5.69. The first kappa shape index (κ1) is 22.4. The lowest BCUT2D eigenvalue weighted by atomic mass is 10.1. The molecule has 3 rings (SSSR count). The van der Waals surface area contributed by atoms with Crippen LogP contribution in [0.4, 0.5) is 20.2 Å². The topological polar surface area (TPSA) is 67.4 Å². The van der Waals surface area contributed by atoms with Crippen molar-refractivity contribution < 1.29 is 23.1 Å². The lowest BCUT2D eigenvalue weighted by Crippen LogP contribution is -2.17. The molecule has 30 heavy (non-hydrogen) atoms. The van der Waals surface area contributed by atoms with Gasteiger partial charge in [0.2, 0.25) is 0 Å². The van der Waals surface area contributed by atoms with Crippen LogP contribution in [0.25, 0.3) is 0 Å². The molecule has 0 spiro atoms. The van der Waals surface area contributed by atoms with Gasteiger partial charge in [-0.3, -0.25) is 9.59 Å². The second-order valence-electron chi connectivity index (χ2n) is 6.03. The number of halogens is 4. The zero-order chi connectivity index (χ0) is 21.8.